The van der Waals surface area contributed by atoms with E-state index in [-0.39, 0.29) is 18.0 Å². The molecule has 0 bridgehead atoms. The van der Waals surface area contributed by atoms with Crippen molar-refractivity contribution >= 4 is 23.6 Å². The molecule has 3 rings (SSSR count). The molecule has 156 valence electrons. The highest BCUT2D eigenvalue weighted by molar-refractivity contribution is 6.03. The minimum absolute atomic E-state index is 0.0394. The summed E-state index contributed by atoms with van der Waals surface area (Å²) < 4.78 is 5.35. The summed E-state index contributed by atoms with van der Waals surface area (Å²) in [4.78, 5) is 35.7. The van der Waals surface area contributed by atoms with Gasteiger partial charge in [-0.1, -0.05) is 48.0 Å². The molecule has 0 unspecified atom stereocenters. The molecule has 0 aliphatic heterocycles. The molecule has 0 aliphatic carbocycles. The van der Waals surface area contributed by atoms with Gasteiger partial charge in [-0.2, -0.15) is 0 Å². The number of aryl methyl sites for hydroxylation is 1. The first-order chi connectivity index (χ1) is 14.9. The molecule has 0 radical (unpaired) electrons. The van der Waals surface area contributed by atoms with Gasteiger partial charge in [0.25, 0.3) is 11.6 Å². The van der Waals surface area contributed by atoms with Gasteiger partial charge < -0.3 is 10.1 Å². The van der Waals surface area contributed by atoms with E-state index in [0.717, 1.165) is 11.1 Å². The summed E-state index contributed by atoms with van der Waals surface area (Å²) in [7, 11) is 0. The van der Waals surface area contributed by atoms with Crippen LogP contribution in [0.25, 0.3) is 6.08 Å². The fourth-order valence-corrected chi connectivity index (χ4v) is 2.71. The van der Waals surface area contributed by atoms with Crippen molar-refractivity contribution in [1.82, 2.24) is 5.32 Å². The number of rotatable bonds is 7. The summed E-state index contributed by atoms with van der Waals surface area (Å²) >= 11 is 0. The molecular formula is C24H20N2O5. The van der Waals surface area contributed by atoms with E-state index < -0.39 is 16.8 Å². The average molecular weight is 416 g/mol. The average Bonchev–Trinajstić information content (AvgIpc) is 2.78. The first-order valence-electron chi connectivity index (χ1n) is 9.47. The minimum Gasteiger partial charge on any atom is -0.456 e. The second kappa shape index (κ2) is 9.98. The Hall–Kier alpha value is -4.26. The van der Waals surface area contributed by atoms with E-state index in [1.165, 1.54) is 30.3 Å². The number of nitrogens with zero attached hydrogens (tertiary/aromatic N) is 1. The van der Waals surface area contributed by atoms with E-state index in [2.05, 4.69) is 5.32 Å². The van der Waals surface area contributed by atoms with Gasteiger partial charge in [0.15, 0.2) is 0 Å². The number of esters is 1. The van der Waals surface area contributed by atoms with Crippen LogP contribution < -0.4 is 5.32 Å². The van der Waals surface area contributed by atoms with Crippen LogP contribution in [0.5, 0.6) is 0 Å². The highest BCUT2D eigenvalue weighted by atomic mass is 16.6. The molecule has 0 aliphatic rings. The Bertz CT molecular complexity index is 1100. The van der Waals surface area contributed by atoms with Crippen molar-refractivity contribution in [2.24, 2.45) is 0 Å². The van der Waals surface area contributed by atoms with Gasteiger partial charge in [-0.05, 0) is 48.4 Å². The molecule has 0 saturated heterocycles. The highest BCUT2D eigenvalue weighted by Crippen LogP contribution is 2.15. The number of amides is 1. The zero-order valence-corrected chi connectivity index (χ0v) is 16.8. The van der Waals surface area contributed by atoms with Crippen molar-refractivity contribution in [3.8, 4) is 0 Å². The van der Waals surface area contributed by atoms with Crippen molar-refractivity contribution in [2.45, 2.75) is 13.5 Å². The Morgan fingerprint density at radius 2 is 1.61 bits per heavy atom. The van der Waals surface area contributed by atoms with Crippen molar-refractivity contribution in [1.29, 1.82) is 0 Å². The lowest BCUT2D eigenvalue weighted by Gasteiger charge is -2.11. The molecule has 3 aromatic carbocycles. The fourth-order valence-electron chi connectivity index (χ4n) is 2.71. The van der Waals surface area contributed by atoms with Gasteiger partial charge in [0.1, 0.15) is 12.3 Å². The van der Waals surface area contributed by atoms with Gasteiger partial charge in [0.2, 0.25) is 0 Å². The fraction of sp³-hybridized carbons (Fsp3) is 0.0833. The number of nitro groups is 1. The number of carbonyl (C=O) groups excluding carboxylic acids is 2. The van der Waals surface area contributed by atoms with Crippen LogP contribution in [0.2, 0.25) is 0 Å². The third kappa shape index (κ3) is 6.11. The van der Waals surface area contributed by atoms with Crippen LogP contribution in [0.4, 0.5) is 5.69 Å². The van der Waals surface area contributed by atoms with Crippen LogP contribution >= 0.6 is 0 Å². The number of non-ortho nitro benzene ring substituents is 1. The van der Waals surface area contributed by atoms with Crippen molar-refractivity contribution in [3.05, 3.63) is 117 Å². The smallest absolute Gasteiger partial charge is 0.355 e. The molecular weight excluding hydrogens is 396 g/mol. The Morgan fingerprint density at radius 1 is 0.968 bits per heavy atom. The predicted octanol–water partition coefficient (Wildman–Crippen LogP) is 4.42. The molecule has 1 amide bonds. The summed E-state index contributed by atoms with van der Waals surface area (Å²) in [5.41, 5.74) is 2.54. The van der Waals surface area contributed by atoms with Crippen LogP contribution in [0.1, 0.15) is 27.0 Å². The highest BCUT2D eigenvalue weighted by Gasteiger charge is 2.16. The molecule has 0 aromatic heterocycles. The van der Waals surface area contributed by atoms with E-state index in [9.17, 15) is 19.7 Å². The van der Waals surface area contributed by atoms with Gasteiger partial charge in [0, 0.05) is 17.7 Å². The minimum atomic E-state index is -0.720. The zero-order valence-electron chi connectivity index (χ0n) is 16.8. The monoisotopic (exact) mass is 416 g/mol. The predicted molar refractivity (Wildman–Crippen MR) is 116 cm³/mol. The number of benzene rings is 3. The van der Waals surface area contributed by atoms with Crippen molar-refractivity contribution in [2.75, 3.05) is 0 Å². The second-order valence-corrected chi connectivity index (χ2v) is 6.79. The molecule has 3 aromatic rings. The lowest BCUT2D eigenvalue weighted by Crippen LogP contribution is -2.28. The summed E-state index contributed by atoms with van der Waals surface area (Å²) in [6, 6.07) is 21.7. The van der Waals surface area contributed by atoms with E-state index >= 15 is 0 Å². The number of ether oxygens (including phenoxy) is 1. The summed E-state index contributed by atoms with van der Waals surface area (Å²) in [5, 5.41) is 13.4. The molecule has 0 saturated carbocycles. The van der Waals surface area contributed by atoms with E-state index in [0.29, 0.717) is 11.1 Å². The first-order valence-corrected chi connectivity index (χ1v) is 9.47. The molecule has 0 fully saturated rings. The SMILES string of the molecule is Cc1ccc(C(=O)N/C(=C\c2ccc([N+](=O)[O-])cc2)C(=O)OCc2ccccc2)cc1. The van der Waals surface area contributed by atoms with Crippen molar-refractivity contribution < 1.29 is 19.2 Å². The van der Waals surface area contributed by atoms with Crippen LogP contribution in [-0.2, 0) is 16.1 Å². The van der Waals surface area contributed by atoms with Crippen molar-refractivity contribution in [3.63, 3.8) is 0 Å². The van der Waals surface area contributed by atoms with Gasteiger partial charge in [-0.25, -0.2) is 4.79 Å². The largest absolute Gasteiger partial charge is 0.456 e. The first kappa shape index (κ1) is 21.4. The Labute approximate surface area is 179 Å². The third-order valence-corrected chi connectivity index (χ3v) is 4.41. The van der Waals surface area contributed by atoms with Crippen LogP contribution in [-0.4, -0.2) is 16.8 Å². The maximum absolute atomic E-state index is 12.7. The third-order valence-electron chi connectivity index (χ3n) is 4.41. The lowest BCUT2D eigenvalue weighted by molar-refractivity contribution is -0.384. The number of hydrogen-bond donors (Lipinski definition) is 1. The Kier molecular flexibility index (Phi) is 6.90. The van der Waals surface area contributed by atoms with Crippen LogP contribution in [0, 0.1) is 17.0 Å². The maximum Gasteiger partial charge on any atom is 0.355 e. The van der Waals surface area contributed by atoms with Gasteiger partial charge >= 0.3 is 5.97 Å². The van der Waals surface area contributed by atoms with E-state index in [1.807, 2.05) is 37.3 Å². The number of nitro benzene ring substituents is 1. The lowest BCUT2D eigenvalue weighted by atomic mass is 10.1. The molecule has 0 spiro atoms. The summed E-state index contributed by atoms with van der Waals surface area (Å²) in [6.45, 7) is 1.94. The molecule has 7 nitrogen and oxygen atoms in total. The molecule has 0 atom stereocenters. The maximum atomic E-state index is 12.7. The van der Waals surface area contributed by atoms with Gasteiger partial charge in [-0.15, -0.1) is 0 Å². The standard InChI is InChI=1S/C24H20N2O5/c1-17-7-11-20(12-8-17)23(27)25-22(15-18-9-13-21(14-10-18)26(29)30)24(28)31-16-19-5-3-2-4-6-19/h2-15H,16H2,1H3,(H,25,27)/b22-15-. The molecule has 31 heavy (non-hydrogen) atoms. The number of nitrogens with one attached hydrogen (secondary N) is 1. The number of hydrogen-bond acceptors (Lipinski definition) is 5. The van der Waals surface area contributed by atoms with Gasteiger partial charge in [-0.3, -0.25) is 14.9 Å². The molecule has 0 heterocycles. The molecule has 1 N–H and O–H groups in total. The molecule has 7 heteroatoms. The normalized spacial score (nSPS) is 10.9. The second-order valence-electron chi connectivity index (χ2n) is 6.79. The quantitative estimate of drug-likeness (QED) is 0.266. The van der Waals surface area contributed by atoms with E-state index in [1.54, 1.807) is 24.3 Å². The zero-order chi connectivity index (χ0) is 22.2. The van der Waals surface area contributed by atoms with Crippen LogP contribution in [0.15, 0.2) is 84.6 Å². The Balaban J connectivity index is 1.82. The van der Waals surface area contributed by atoms with Crippen LogP contribution in [0.3, 0.4) is 0 Å². The topological polar surface area (TPSA) is 98.5 Å². The van der Waals surface area contributed by atoms with E-state index in [4.69, 9.17) is 4.74 Å². The number of carbonyl (C=O) groups is 2. The summed E-state index contributed by atoms with van der Waals surface area (Å²) in [5.74, 6) is -1.19. The summed E-state index contributed by atoms with van der Waals surface area (Å²) in [6.07, 6.45) is 1.42. The Morgan fingerprint density at radius 3 is 2.23 bits per heavy atom. The van der Waals surface area contributed by atoms with Gasteiger partial charge in [0.05, 0.1) is 4.92 Å².